The first-order chi connectivity index (χ1) is 26.4. The van der Waals surface area contributed by atoms with Gasteiger partial charge in [0.25, 0.3) is 0 Å². The maximum Gasteiger partial charge on any atom is 0.408 e. The molecule has 4 atom stereocenters. The molecule has 55 heavy (non-hydrogen) atoms. The van der Waals surface area contributed by atoms with Crippen LogP contribution in [0.25, 0.3) is 22.2 Å². The van der Waals surface area contributed by atoms with E-state index in [2.05, 4.69) is 10.6 Å². The molecule has 13 nitrogen and oxygen atoms in total. The largest absolute Gasteiger partial charge is 0.497 e. The van der Waals surface area contributed by atoms with Crippen molar-refractivity contribution in [2.45, 2.75) is 89.1 Å². The van der Waals surface area contributed by atoms with Crippen molar-refractivity contribution in [3.63, 3.8) is 0 Å². The van der Waals surface area contributed by atoms with Crippen molar-refractivity contribution < 1.29 is 43.2 Å². The Bertz CT molecular complexity index is 2020. The molecule has 1 fully saturated rings. The third kappa shape index (κ3) is 10.0. The molecule has 2 aliphatic rings. The van der Waals surface area contributed by atoms with E-state index in [4.69, 9.17) is 23.9 Å². The minimum atomic E-state index is -1.17. The number of carboxylic acids is 1. The first-order valence-corrected chi connectivity index (χ1v) is 18.6. The van der Waals surface area contributed by atoms with Crippen LogP contribution in [-0.2, 0) is 25.5 Å². The molecule has 0 saturated carbocycles. The van der Waals surface area contributed by atoms with Gasteiger partial charge in [-0.25, -0.2) is 14.6 Å². The molecule has 3 aromatic carbocycles. The second kappa shape index (κ2) is 17.1. The van der Waals surface area contributed by atoms with Crippen molar-refractivity contribution in [1.29, 1.82) is 0 Å². The topological polar surface area (TPSA) is 166 Å². The van der Waals surface area contributed by atoms with Crippen molar-refractivity contribution in [3.05, 3.63) is 84.4 Å². The fourth-order valence-electron chi connectivity index (χ4n) is 6.90. The number of amides is 3. The van der Waals surface area contributed by atoms with E-state index in [0.717, 1.165) is 11.1 Å². The van der Waals surface area contributed by atoms with Crippen LogP contribution in [0.15, 0.2) is 78.9 Å². The van der Waals surface area contributed by atoms with E-state index in [9.17, 15) is 24.3 Å². The van der Waals surface area contributed by atoms with E-state index in [0.29, 0.717) is 59.7 Å². The highest BCUT2D eigenvalue weighted by Gasteiger charge is 2.44. The van der Waals surface area contributed by atoms with Gasteiger partial charge in [-0.2, -0.15) is 0 Å². The zero-order valence-electron chi connectivity index (χ0n) is 31.6. The normalized spacial score (nSPS) is 21.1. The molecule has 2 bridgehead atoms. The van der Waals surface area contributed by atoms with Gasteiger partial charge in [0.15, 0.2) is 0 Å². The van der Waals surface area contributed by atoms with Gasteiger partial charge in [-0.15, -0.1) is 0 Å². The maximum absolute atomic E-state index is 14.7. The molecule has 3 heterocycles. The van der Waals surface area contributed by atoms with Gasteiger partial charge in [0.2, 0.25) is 11.8 Å². The number of aliphatic carboxylic acids is 1. The molecular formula is C42H48N4O9. The van der Waals surface area contributed by atoms with E-state index < -0.39 is 53.7 Å². The lowest BCUT2D eigenvalue weighted by Gasteiger charge is -2.30. The first-order valence-electron chi connectivity index (χ1n) is 18.6. The van der Waals surface area contributed by atoms with Crippen LogP contribution in [0.4, 0.5) is 4.79 Å². The summed E-state index contributed by atoms with van der Waals surface area (Å²) in [5.74, 6) is -0.622. The molecule has 3 amide bonds. The molecule has 0 unspecified atom stereocenters. The Morgan fingerprint density at radius 3 is 2.53 bits per heavy atom. The number of alkyl carbamates (subject to hydrolysis) is 1. The van der Waals surface area contributed by atoms with Crippen molar-refractivity contribution in [2.75, 3.05) is 20.3 Å². The summed E-state index contributed by atoms with van der Waals surface area (Å²) in [7, 11) is 1.58. The third-order valence-corrected chi connectivity index (χ3v) is 9.54. The number of aromatic nitrogens is 1. The van der Waals surface area contributed by atoms with E-state index in [1.807, 2.05) is 72.8 Å². The summed E-state index contributed by atoms with van der Waals surface area (Å²) in [5, 5.41) is 16.2. The van der Waals surface area contributed by atoms with Gasteiger partial charge in [0.1, 0.15) is 47.1 Å². The molecule has 1 saturated heterocycles. The number of nitrogens with zero attached hydrogens (tertiary/aromatic N) is 2. The van der Waals surface area contributed by atoms with E-state index in [1.165, 1.54) is 4.90 Å². The van der Waals surface area contributed by atoms with Crippen LogP contribution in [-0.4, -0.2) is 89.0 Å². The minimum absolute atomic E-state index is 0.0229. The predicted octanol–water partition coefficient (Wildman–Crippen LogP) is 5.92. The zero-order valence-corrected chi connectivity index (χ0v) is 31.6. The number of carbonyl (C=O) groups excluding carboxylic acids is 3. The number of hydrogen-bond acceptors (Lipinski definition) is 9. The van der Waals surface area contributed by atoms with Gasteiger partial charge in [0, 0.05) is 35.9 Å². The number of nitrogens with one attached hydrogen (secondary N) is 2. The number of ether oxygens (including phenoxy) is 4. The standard InChI is InChI=1S/C42H48N4O9/c1-42(2,3)55-41(51)45-35-21-26-12-11-15-29(20-26)53-19-10-6-9-16-32(40(49)50)44-38(47)36-23-30(25-46(36)39(35)48)54-37-24-33(27-13-7-5-8-14-27)43-34-22-28(52-4)17-18-31(34)37/h5,7-8,11-15,17-18,20,22,24,30,32,35-36H,6,9-10,16,19,21,23,25H2,1-4H3,(H,44,47)(H,45,51)(H,49,50)/t30-,32-,35-,36+/m1/s1. The van der Waals surface area contributed by atoms with Crippen LogP contribution < -0.4 is 24.8 Å². The number of rotatable bonds is 6. The molecule has 6 rings (SSSR count). The summed E-state index contributed by atoms with van der Waals surface area (Å²) >= 11 is 0. The fourth-order valence-corrected chi connectivity index (χ4v) is 6.90. The highest BCUT2D eigenvalue weighted by Crippen LogP contribution is 2.35. The Balaban J connectivity index is 1.37. The molecule has 2 aliphatic heterocycles. The lowest BCUT2D eigenvalue weighted by Crippen LogP contribution is -2.56. The smallest absolute Gasteiger partial charge is 0.408 e. The zero-order chi connectivity index (χ0) is 39.1. The van der Waals surface area contributed by atoms with Crippen LogP contribution >= 0.6 is 0 Å². The lowest BCUT2D eigenvalue weighted by molar-refractivity contribution is -0.144. The van der Waals surface area contributed by atoms with Crippen molar-refractivity contribution in [3.8, 4) is 28.5 Å². The number of hydrogen-bond donors (Lipinski definition) is 3. The van der Waals surface area contributed by atoms with Crippen molar-refractivity contribution in [1.82, 2.24) is 20.5 Å². The third-order valence-electron chi connectivity index (χ3n) is 9.54. The van der Waals surface area contributed by atoms with Gasteiger partial charge in [-0.3, -0.25) is 9.59 Å². The van der Waals surface area contributed by atoms with E-state index >= 15 is 0 Å². The predicted molar refractivity (Wildman–Crippen MR) is 205 cm³/mol. The number of carboxylic acid groups (broad SMARTS) is 1. The van der Waals surface area contributed by atoms with Crippen LogP contribution in [0, 0.1) is 0 Å². The summed E-state index contributed by atoms with van der Waals surface area (Å²) in [6.45, 7) is 5.56. The highest BCUT2D eigenvalue weighted by atomic mass is 16.6. The fraction of sp³-hybridized carbons (Fsp3) is 0.405. The Hall–Kier alpha value is -5.85. The molecule has 290 valence electrons. The molecule has 0 spiro atoms. The average molecular weight is 753 g/mol. The molecule has 13 heteroatoms. The summed E-state index contributed by atoms with van der Waals surface area (Å²) < 4.78 is 23.7. The van der Waals surface area contributed by atoms with Crippen LogP contribution in [0.3, 0.4) is 0 Å². The number of fused-ring (bicyclic) bond motifs is 4. The molecule has 4 aromatic rings. The van der Waals surface area contributed by atoms with Crippen molar-refractivity contribution >= 4 is 34.8 Å². The quantitative estimate of drug-likeness (QED) is 0.215. The molecule has 3 N–H and O–H groups in total. The minimum Gasteiger partial charge on any atom is -0.497 e. The summed E-state index contributed by atoms with van der Waals surface area (Å²) in [6, 6.07) is 20.8. The molecule has 1 aromatic heterocycles. The first kappa shape index (κ1) is 38.9. The molecular weight excluding hydrogens is 704 g/mol. The average Bonchev–Trinajstić information content (AvgIpc) is 3.58. The van der Waals surface area contributed by atoms with E-state index in [1.54, 1.807) is 33.9 Å². The van der Waals surface area contributed by atoms with Gasteiger partial charge in [-0.05, 0) is 69.9 Å². The monoisotopic (exact) mass is 752 g/mol. The van der Waals surface area contributed by atoms with Gasteiger partial charge in [0.05, 0.1) is 31.5 Å². The summed E-state index contributed by atoms with van der Waals surface area (Å²) in [6.07, 6.45) is 0.776. The Morgan fingerprint density at radius 2 is 1.78 bits per heavy atom. The number of pyridine rings is 1. The summed E-state index contributed by atoms with van der Waals surface area (Å²) in [4.78, 5) is 60.6. The Kier molecular flexibility index (Phi) is 12.1. The second-order valence-corrected chi connectivity index (χ2v) is 14.9. The van der Waals surface area contributed by atoms with Crippen LogP contribution in [0.2, 0.25) is 0 Å². The molecule has 0 radical (unpaired) electrons. The molecule has 0 aliphatic carbocycles. The van der Waals surface area contributed by atoms with Crippen molar-refractivity contribution in [2.24, 2.45) is 0 Å². The highest BCUT2D eigenvalue weighted by molar-refractivity contribution is 5.94. The Morgan fingerprint density at radius 1 is 0.982 bits per heavy atom. The lowest BCUT2D eigenvalue weighted by atomic mass is 10.0. The van der Waals surface area contributed by atoms with Crippen LogP contribution in [0.1, 0.15) is 58.4 Å². The van der Waals surface area contributed by atoms with Gasteiger partial charge in [-0.1, -0.05) is 48.9 Å². The number of carbonyl (C=O) groups is 4. The second-order valence-electron chi connectivity index (χ2n) is 14.9. The van der Waals surface area contributed by atoms with E-state index in [-0.39, 0.29) is 25.8 Å². The number of methoxy groups -OCH3 is 1. The maximum atomic E-state index is 14.7. The Labute approximate surface area is 320 Å². The SMILES string of the molecule is COc1ccc2c(O[C@@H]3C[C@H]4C(=O)N[C@@H](C(=O)O)CCCCCOc5cccc(c5)C[C@@H](NC(=O)OC(C)(C)C)C(=O)N4C3)cc(-c3ccccc3)nc2c1. The number of benzene rings is 3. The van der Waals surface area contributed by atoms with Gasteiger partial charge >= 0.3 is 12.1 Å². The van der Waals surface area contributed by atoms with Crippen LogP contribution in [0.5, 0.6) is 17.2 Å². The summed E-state index contributed by atoms with van der Waals surface area (Å²) in [5.41, 5.74) is 2.03. The van der Waals surface area contributed by atoms with Gasteiger partial charge < -0.3 is 39.6 Å².